The number of aromatic nitrogens is 3. The fourth-order valence-electron chi connectivity index (χ4n) is 3.20. The third-order valence-electron chi connectivity index (χ3n) is 4.82. The Morgan fingerprint density at radius 3 is 2.53 bits per heavy atom. The van der Waals surface area contributed by atoms with E-state index in [1.165, 1.54) is 6.33 Å². The molecule has 0 atom stereocenters. The molecule has 3 aromatic rings. The maximum Gasteiger partial charge on any atom is 0.380 e. The monoisotopic (exact) mass is 441 g/mol. The van der Waals surface area contributed by atoms with E-state index in [2.05, 4.69) is 38.5 Å². The van der Waals surface area contributed by atoms with E-state index in [1.54, 1.807) is 47.0 Å². The smallest absolute Gasteiger partial charge is 0.371 e. The van der Waals surface area contributed by atoms with E-state index in [-0.39, 0.29) is 11.2 Å². The van der Waals surface area contributed by atoms with Crippen molar-refractivity contribution in [1.82, 2.24) is 14.8 Å². The second-order valence-corrected chi connectivity index (χ2v) is 9.36. The van der Waals surface area contributed by atoms with Gasteiger partial charge < -0.3 is 4.18 Å². The van der Waals surface area contributed by atoms with Crippen molar-refractivity contribution in [3.63, 3.8) is 0 Å². The van der Waals surface area contributed by atoms with Gasteiger partial charge in [0.25, 0.3) is 0 Å². The number of nitriles is 1. The molecule has 1 aromatic heterocycles. The molecule has 1 saturated carbocycles. The molecule has 1 heterocycles. The molecule has 1 fully saturated rings. The van der Waals surface area contributed by atoms with Crippen molar-refractivity contribution in [1.29, 1.82) is 5.26 Å². The standard InChI is InChI=1S/C20H19N5O3S2/c21-12-20(5-6-20)17-8-15(10-25-14-23-13-24-25)7-16(9-17)11-29-19-3-1-18(2-4-19)28-30(22,26)27/h1-4,7-9,13-14H,5-6,10-11H2,(H2,22,26,27). The minimum absolute atomic E-state index is 0.170. The van der Waals surface area contributed by atoms with E-state index >= 15 is 0 Å². The number of thioether (sulfide) groups is 1. The minimum Gasteiger partial charge on any atom is -0.371 e. The molecule has 4 rings (SSSR count). The van der Waals surface area contributed by atoms with Crippen molar-refractivity contribution < 1.29 is 12.6 Å². The lowest BCUT2D eigenvalue weighted by Crippen LogP contribution is -2.18. The lowest BCUT2D eigenvalue weighted by atomic mass is 9.94. The van der Waals surface area contributed by atoms with Crippen LogP contribution in [0.25, 0.3) is 0 Å². The van der Waals surface area contributed by atoms with Crippen LogP contribution >= 0.6 is 11.8 Å². The van der Waals surface area contributed by atoms with Gasteiger partial charge in [-0.1, -0.05) is 18.2 Å². The van der Waals surface area contributed by atoms with Crippen LogP contribution in [0.4, 0.5) is 0 Å². The van der Waals surface area contributed by atoms with Gasteiger partial charge in [-0.3, -0.25) is 0 Å². The zero-order chi connectivity index (χ0) is 21.2. The number of hydrogen-bond acceptors (Lipinski definition) is 7. The molecule has 0 unspecified atom stereocenters. The first-order chi connectivity index (χ1) is 14.4. The van der Waals surface area contributed by atoms with Crippen LogP contribution in [0.3, 0.4) is 0 Å². The van der Waals surface area contributed by atoms with E-state index in [9.17, 15) is 13.7 Å². The number of nitrogens with two attached hydrogens (primary N) is 1. The third kappa shape index (κ3) is 4.99. The Hall–Kier alpha value is -2.87. The first-order valence-corrected chi connectivity index (χ1v) is 11.6. The van der Waals surface area contributed by atoms with Gasteiger partial charge in [0, 0.05) is 10.6 Å². The van der Waals surface area contributed by atoms with Crippen molar-refractivity contribution in [2.24, 2.45) is 5.14 Å². The van der Waals surface area contributed by atoms with Gasteiger partial charge in [0.1, 0.15) is 18.4 Å². The van der Waals surface area contributed by atoms with Gasteiger partial charge in [0.2, 0.25) is 0 Å². The molecule has 8 nitrogen and oxygen atoms in total. The maximum atomic E-state index is 11.0. The van der Waals surface area contributed by atoms with Crippen molar-refractivity contribution in [2.75, 3.05) is 0 Å². The van der Waals surface area contributed by atoms with Crippen LogP contribution in [0, 0.1) is 11.3 Å². The van der Waals surface area contributed by atoms with Crippen molar-refractivity contribution >= 4 is 22.1 Å². The quantitative estimate of drug-likeness (QED) is 0.533. The Morgan fingerprint density at radius 1 is 1.20 bits per heavy atom. The highest BCUT2D eigenvalue weighted by atomic mass is 32.2. The first kappa shape index (κ1) is 20.4. The zero-order valence-corrected chi connectivity index (χ0v) is 17.6. The molecule has 154 valence electrons. The van der Waals surface area contributed by atoms with Crippen LogP contribution in [0.5, 0.6) is 5.75 Å². The highest BCUT2D eigenvalue weighted by molar-refractivity contribution is 7.98. The Morgan fingerprint density at radius 2 is 1.93 bits per heavy atom. The van der Waals surface area contributed by atoms with Crippen molar-refractivity contribution in [2.45, 2.75) is 35.4 Å². The van der Waals surface area contributed by atoms with Gasteiger partial charge in [0.05, 0.1) is 18.0 Å². The van der Waals surface area contributed by atoms with Gasteiger partial charge in [-0.25, -0.2) is 9.67 Å². The van der Waals surface area contributed by atoms with E-state index in [0.717, 1.165) is 34.4 Å². The molecule has 0 amide bonds. The number of benzene rings is 2. The number of nitrogens with zero attached hydrogens (tertiary/aromatic N) is 4. The summed E-state index contributed by atoms with van der Waals surface area (Å²) in [5.41, 5.74) is 2.87. The fraction of sp³-hybridized carbons (Fsp3) is 0.250. The summed E-state index contributed by atoms with van der Waals surface area (Å²) < 4.78 is 28.4. The third-order valence-corrected chi connectivity index (χ3v) is 6.33. The van der Waals surface area contributed by atoms with Crippen LogP contribution in [0.15, 0.2) is 60.0 Å². The topological polar surface area (TPSA) is 124 Å². The Kier molecular flexibility index (Phi) is 5.51. The summed E-state index contributed by atoms with van der Waals surface area (Å²) in [6.45, 7) is 0.590. The average Bonchev–Trinajstić information content (AvgIpc) is 3.35. The second-order valence-electron chi connectivity index (χ2n) is 7.16. The predicted octanol–water partition coefficient (Wildman–Crippen LogP) is 2.76. The summed E-state index contributed by atoms with van der Waals surface area (Å²) in [4.78, 5) is 4.95. The maximum absolute atomic E-state index is 11.0. The van der Waals surface area contributed by atoms with Crippen LogP contribution in [0.2, 0.25) is 0 Å². The minimum atomic E-state index is -4.03. The average molecular weight is 442 g/mol. The molecule has 0 bridgehead atoms. The molecule has 1 aliphatic rings. The first-order valence-electron chi connectivity index (χ1n) is 9.17. The number of rotatable bonds is 8. The molecular weight excluding hydrogens is 422 g/mol. The van der Waals surface area contributed by atoms with E-state index in [0.29, 0.717) is 12.3 Å². The SMILES string of the molecule is N#CC1(c2cc(CSc3ccc(OS(N)(=O)=O)cc3)cc(Cn3cncn3)c2)CC1. The van der Waals surface area contributed by atoms with Crippen LogP contribution in [0.1, 0.15) is 29.5 Å². The highest BCUT2D eigenvalue weighted by Crippen LogP contribution is 2.48. The fourth-order valence-corrected chi connectivity index (χ4v) is 4.41. The summed E-state index contributed by atoms with van der Waals surface area (Å²) in [6.07, 6.45) is 4.94. The summed E-state index contributed by atoms with van der Waals surface area (Å²) in [6, 6.07) is 15.5. The summed E-state index contributed by atoms with van der Waals surface area (Å²) in [5, 5.41) is 18.7. The highest BCUT2D eigenvalue weighted by Gasteiger charge is 2.45. The van der Waals surface area contributed by atoms with E-state index in [1.807, 2.05) is 0 Å². The molecule has 2 N–H and O–H groups in total. The lowest BCUT2D eigenvalue weighted by Gasteiger charge is -2.13. The Balaban J connectivity index is 1.51. The van der Waals surface area contributed by atoms with Gasteiger partial charge >= 0.3 is 10.3 Å². The zero-order valence-electron chi connectivity index (χ0n) is 15.9. The summed E-state index contributed by atoms with van der Waals surface area (Å²) >= 11 is 1.61. The molecule has 0 radical (unpaired) electrons. The van der Waals surface area contributed by atoms with Crippen molar-refractivity contribution in [3.8, 4) is 11.8 Å². The molecule has 2 aromatic carbocycles. The van der Waals surface area contributed by atoms with Crippen molar-refractivity contribution in [3.05, 3.63) is 71.8 Å². The summed E-state index contributed by atoms with van der Waals surface area (Å²) in [7, 11) is -4.03. The molecule has 0 saturated heterocycles. The molecule has 1 aliphatic carbocycles. The Bertz CT molecular complexity index is 1180. The van der Waals surface area contributed by atoms with E-state index < -0.39 is 10.3 Å². The van der Waals surface area contributed by atoms with Crippen LogP contribution in [-0.4, -0.2) is 23.2 Å². The van der Waals surface area contributed by atoms with E-state index in [4.69, 9.17) is 5.14 Å². The van der Waals surface area contributed by atoms with Crippen LogP contribution in [-0.2, 0) is 28.0 Å². The largest absolute Gasteiger partial charge is 0.380 e. The van der Waals surface area contributed by atoms with Gasteiger partial charge in [0.15, 0.2) is 0 Å². The normalized spacial score (nSPS) is 14.8. The second kappa shape index (κ2) is 8.10. The Labute approximate surface area is 178 Å². The van der Waals surface area contributed by atoms with Crippen LogP contribution < -0.4 is 9.32 Å². The molecule has 30 heavy (non-hydrogen) atoms. The molecule has 0 spiro atoms. The molecular formula is C20H19N5O3S2. The lowest BCUT2D eigenvalue weighted by molar-refractivity contribution is 0.487. The number of hydrogen-bond donors (Lipinski definition) is 1. The predicted molar refractivity (Wildman–Crippen MR) is 112 cm³/mol. The summed E-state index contributed by atoms with van der Waals surface area (Å²) in [5.74, 6) is 0.874. The van der Waals surface area contributed by atoms with Gasteiger partial charge in [-0.2, -0.15) is 23.9 Å². The molecule has 10 heteroatoms. The van der Waals surface area contributed by atoms with Gasteiger partial charge in [-0.05, 0) is 53.8 Å². The van der Waals surface area contributed by atoms with Gasteiger partial charge in [-0.15, -0.1) is 11.8 Å². The molecule has 0 aliphatic heterocycles.